The molecule has 9 heteroatoms. The van der Waals surface area contributed by atoms with Crippen LogP contribution in [0.3, 0.4) is 0 Å². The molecule has 2 N–H and O–H groups in total. The third-order valence-electron chi connectivity index (χ3n) is 2.97. The van der Waals surface area contributed by atoms with Gasteiger partial charge in [0.05, 0.1) is 6.61 Å². The highest BCUT2D eigenvalue weighted by Crippen LogP contribution is 2.27. The number of benzene rings is 1. The van der Waals surface area contributed by atoms with Gasteiger partial charge in [-0.25, -0.2) is 8.42 Å². The van der Waals surface area contributed by atoms with Gasteiger partial charge in [0, 0.05) is 17.7 Å². The van der Waals surface area contributed by atoms with Crippen molar-refractivity contribution in [2.24, 2.45) is 7.05 Å². The van der Waals surface area contributed by atoms with Gasteiger partial charge < -0.3 is 9.30 Å². The van der Waals surface area contributed by atoms with E-state index in [2.05, 4.69) is 26.2 Å². The number of carbonyl (C=O) groups is 1. The molecule has 2 rings (SSSR count). The Morgan fingerprint density at radius 1 is 1.35 bits per heavy atom. The van der Waals surface area contributed by atoms with Crippen LogP contribution in [0.25, 0.3) is 0 Å². The van der Waals surface area contributed by atoms with Crippen molar-refractivity contribution < 1.29 is 17.9 Å². The van der Waals surface area contributed by atoms with Crippen LogP contribution in [0.1, 0.15) is 17.4 Å². The number of hydrogen-bond donors (Lipinski definition) is 2. The third kappa shape index (κ3) is 4.12. The molecule has 0 unspecified atom stereocenters. The molecule has 0 aliphatic carbocycles. The number of halogens is 1. The highest BCUT2D eigenvalue weighted by atomic mass is 79.9. The van der Waals surface area contributed by atoms with Crippen LogP contribution in [0.15, 0.2) is 45.9 Å². The van der Waals surface area contributed by atoms with E-state index < -0.39 is 15.9 Å². The van der Waals surface area contributed by atoms with Crippen LogP contribution in [-0.4, -0.2) is 25.5 Å². The van der Waals surface area contributed by atoms with Crippen LogP contribution in [0.4, 0.5) is 0 Å². The van der Waals surface area contributed by atoms with Gasteiger partial charge >= 0.3 is 0 Å². The molecule has 2 aromatic rings. The largest absolute Gasteiger partial charge is 0.492 e. The number of hydrogen-bond acceptors (Lipinski definition) is 4. The predicted octanol–water partition coefficient (Wildman–Crippen LogP) is 1.81. The Morgan fingerprint density at radius 3 is 2.70 bits per heavy atom. The smallest absolute Gasteiger partial charge is 0.282 e. The van der Waals surface area contributed by atoms with Crippen molar-refractivity contribution in [1.82, 2.24) is 14.8 Å². The lowest BCUT2D eigenvalue weighted by atomic mass is 10.3. The molecule has 0 spiro atoms. The summed E-state index contributed by atoms with van der Waals surface area (Å²) in [7, 11) is -2.30. The summed E-state index contributed by atoms with van der Waals surface area (Å²) in [5.74, 6) is -0.356. The monoisotopic (exact) mass is 401 g/mol. The summed E-state index contributed by atoms with van der Waals surface area (Å²) in [6.07, 6.45) is 1.69. The minimum Gasteiger partial charge on any atom is -0.492 e. The zero-order valence-corrected chi connectivity index (χ0v) is 14.9. The van der Waals surface area contributed by atoms with E-state index in [9.17, 15) is 13.2 Å². The van der Waals surface area contributed by atoms with Crippen molar-refractivity contribution in [3.63, 3.8) is 0 Å². The first-order chi connectivity index (χ1) is 10.8. The molecule has 0 aliphatic rings. The minimum atomic E-state index is -3.98. The lowest BCUT2D eigenvalue weighted by molar-refractivity contribution is 0.0937. The molecule has 0 aliphatic heterocycles. The van der Waals surface area contributed by atoms with E-state index in [0.29, 0.717) is 16.8 Å². The fourth-order valence-electron chi connectivity index (χ4n) is 1.90. The Kier molecular flexibility index (Phi) is 5.45. The highest BCUT2D eigenvalue weighted by Gasteiger charge is 2.21. The van der Waals surface area contributed by atoms with E-state index in [1.807, 2.05) is 0 Å². The van der Waals surface area contributed by atoms with Gasteiger partial charge in [0.1, 0.15) is 16.3 Å². The fraction of sp³-hybridized carbons (Fsp3) is 0.214. The van der Waals surface area contributed by atoms with E-state index in [0.717, 1.165) is 0 Å². The molecule has 124 valence electrons. The summed E-state index contributed by atoms with van der Waals surface area (Å²) < 4.78 is 32.3. The van der Waals surface area contributed by atoms with Crippen LogP contribution >= 0.6 is 15.9 Å². The minimum absolute atomic E-state index is 0.0686. The van der Waals surface area contributed by atoms with Crippen molar-refractivity contribution in [2.75, 3.05) is 6.61 Å². The van der Waals surface area contributed by atoms with Gasteiger partial charge in [0.2, 0.25) is 0 Å². The topological polar surface area (TPSA) is 89.4 Å². The third-order valence-corrected chi connectivity index (χ3v) is 4.73. The number of nitrogens with one attached hydrogen (secondary N) is 2. The SMILES string of the molecule is CCOc1ccc(Br)cc1S(=O)(=O)NNC(=O)c1cccn1C. The number of amides is 1. The Morgan fingerprint density at radius 2 is 2.09 bits per heavy atom. The lowest BCUT2D eigenvalue weighted by Gasteiger charge is -2.13. The van der Waals surface area contributed by atoms with E-state index in [1.165, 1.54) is 6.07 Å². The Labute approximate surface area is 142 Å². The summed E-state index contributed by atoms with van der Waals surface area (Å²) in [6.45, 7) is 2.07. The molecule has 1 heterocycles. The molecule has 0 radical (unpaired) electrons. The molecule has 0 saturated carbocycles. The number of hydrazine groups is 1. The van der Waals surface area contributed by atoms with Crippen LogP contribution in [0.2, 0.25) is 0 Å². The maximum atomic E-state index is 12.4. The quantitative estimate of drug-likeness (QED) is 0.722. The van der Waals surface area contributed by atoms with Crippen molar-refractivity contribution in [2.45, 2.75) is 11.8 Å². The molecule has 1 aromatic carbocycles. The van der Waals surface area contributed by atoms with Crippen molar-refractivity contribution in [3.05, 3.63) is 46.7 Å². The second-order valence-corrected chi connectivity index (χ2v) is 7.15. The van der Waals surface area contributed by atoms with Crippen LogP contribution in [-0.2, 0) is 17.1 Å². The fourth-order valence-corrected chi connectivity index (χ4v) is 3.42. The first kappa shape index (κ1) is 17.5. The highest BCUT2D eigenvalue weighted by molar-refractivity contribution is 9.10. The summed E-state index contributed by atoms with van der Waals surface area (Å²) in [5, 5.41) is 0. The van der Waals surface area contributed by atoms with Crippen LogP contribution < -0.4 is 15.0 Å². The number of ether oxygens (including phenoxy) is 1. The van der Waals surface area contributed by atoms with E-state index in [4.69, 9.17) is 4.74 Å². The second-order valence-electron chi connectivity index (χ2n) is 4.59. The van der Waals surface area contributed by atoms with Crippen molar-refractivity contribution >= 4 is 31.9 Å². The molecule has 7 nitrogen and oxygen atoms in total. The maximum absolute atomic E-state index is 12.4. The van der Waals surface area contributed by atoms with E-state index in [1.54, 1.807) is 49.0 Å². The second kappa shape index (κ2) is 7.16. The van der Waals surface area contributed by atoms with Gasteiger partial charge in [-0.2, -0.15) is 0 Å². The Hall–Kier alpha value is -1.84. The van der Waals surface area contributed by atoms with Crippen molar-refractivity contribution in [3.8, 4) is 5.75 Å². The van der Waals surface area contributed by atoms with Crippen LogP contribution in [0.5, 0.6) is 5.75 Å². The molecule has 23 heavy (non-hydrogen) atoms. The molecule has 0 fully saturated rings. The van der Waals surface area contributed by atoms with Gasteiger partial charge in [-0.1, -0.05) is 15.9 Å². The first-order valence-electron chi connectivity index (χ1n) is 6.71. The summed E-state index contributed by atoms with van der Waals surface area (Å²) in [5.41, 5.74) is 2.51. The van der Waals surface area contributed by atoms with Gasteiger partial charge in [0.15, 0.2) is 0 Å². The van der Waals surface area contributed by atoms with Gasteiger partial charge in [-0.3, -0.25) is 10.2 Å². The maximum Gasteiger partial charge on any atom is 0.282 e. The summed E-state index contributed by atoms with van der Waals surface area (Å²) in [6, 6.07) is 7.88. The zero-order valence-electron chi connectivity index (χ0n) is 12.5. The normalized spacial score (nSPS) is 11.3. The van der Waals surface area contributed by atoms with Crippen molar-refractivity contribution in [1.29, 1.82) is 0 Å². The average molecular weight is 402 g/mol. The summed E-state index contributed by atoms with van der Waals surface area (Å²) >= 11 is 3.22. The number of sulfonamides is 1. The van der Waals surface area contributed by atoms with Crippen LogP contribution in [0, 0.1) is 0 Å². The summed E-state index contributed by atoms with van der Waals surface area (Å²) in [4.78, 5) is 14.0. The number of aryl methyl sites for hydroxylation is 1. The Balaban J connectivity index is 2.21. The molecule has 1 aromatic heterocycles. The molecule has 0 bridgehead atoms. The molecule has 0 saturated heterocycles. The number of carbonyl (C=O) groups excluding carboxylic acids is 1. The predicted molar refractivity (Wildman–Crippen MR) is 88.5 cm³/mol. The number of aromatic nitrogens is 1. The van der Waals surface area contributed by atoms with E-state index in [-0.39, 0.29) is 10.6 Å². The average Bonchev–Trinajstić information content (AvgIpc) is 2.93. The lowest BCUT2D eigenvalue weighted by Crippen LogP contribution is -2.42. The molecule has 1 amide bonds. The molecular weight excluding hydrogens is 386 g/mol. The Bertz CT molecular complexity index is 817. The first-order valence-corrected chi connectivity index (χ1v) is 8.98. The number of rotatable bonds is 6. The van der Waals surface area contributed by atoms with Gasteiger partial charge in [-0.15, -0.1) is 4.83 Å². The van der Waals surface area contributed by atoms with Gasteiger partial charge in [-0.05, 0) is 37.3 Å². The van der Waals surface area contributed by atoms with Gasteiger partial charge in [0.25, 0.3) is 15.9 Å². The zero-order chi connectivity index (χ0) is 17.0. The number of nitrogens with zero attached hydrogens (tertiary/aromatic N) is 1. The molecule has 0 atom stereocenters. The standard InChI is InChI=1S/C14H16BrN3O4S/c1-3-22-12-7-6-10(15)9-13(12)23(20,21)17-16-14(19)11-5-4-8-18(11)2/h4-9,17H,3H2,1-2H3,(H,16,19). The van der Waals surface area contributed by atoms with E-state index >= 15 is 0 Å². The molecular formula is C14H16BrN3O4S.